The molecule has 0 aliphatic heterocycles. The van der Waals surface area contributed by atoms with Crippen LogP contribution in [-0.2, 0) is 6.42 Å². The fourth-order valence-electron chi connectivity index (χ4n) is 2.34. The van der Waals surface area contributed by atoms with Crippen LogP contribution in [0.25, 0.3) is 10.8 Å². The zero-order valence-electron chi connectivity index (χ0n) is 12.2. The van der Waals surface area contributed by atoms with E-state index in [0.29, 0.717) is 29.5 Å². The van der Waals surface area contributed by atoms with Gasteiger partial charge in [-0.3, -0.25) is 0 Å². The molecule has 0 aliphatic rings. The van der Waals surface area contributed by atoms with E-state index >= 15 is 0 Å². The highest BCUT2D eigenvalue weighted by Gasteiger charge is 2.07. The van der Waals surface area contributed by atoms with Crippen molar-refractivity contribution in [2.75, 3.05) is 18.1 Å². The number of halogens is 2. The zero-order chi connectivity index (χ0) is 16.4. The van der Waals surface area contributed by atoms with Gasteiger partial charge in [-0.05, 0) is 41.3 Å². The number of nitrogen functional groups attached to an aromatic ring is 2. The maximum absolute atomic E-state index is 13.6. The van der Waals surface area contributed by atoms with Crippen LogP contribution in [0.2, 0.25) is 5.02 Å². The number of pyridine rings is 1. The molecule has 6 heteroatoms. The number of nitrogens with zero attached hydrogens (tertiary/aromatic N) is 1. The van der Waals surface area contributed by atoms with Crippen LogP contribution in [0.3, 0.4) is 0 Å². The minimum absolute atomic E-state index is 0.0277. The third-order valence-corrected chi connectivity index (χ3v) is 3.78. The highest BCUT2D eigenvalue weighted by atomic mass is 35.5. The highest BCUT2D eigenvalue weighted by Crippen LogP contribution is 2.26. The monoisotopic (exact) mass is 331 g/mol. The van der Waals surface area contributed by atoms with E-state index < -0.39 is 5.82 Å². The number of hydrogen-bond donors (Lipinski definition) is 2. The van der Waals surface area contributed by atoms with E-state index in [-0.39, 0.29) is 11.4 Å². The number of fused-ring (bicyclic) bond motifs is 1. The smallest absolute Gasteiger partial charge is 0.221 e. The third-order valence-electron chi connectivity index (χ3n) is 3.54. The Kier molecular flexibility index (Phi) is 4.21. The molecule has 0 saturated heterocycles. The molecule has 3 aromatic rings. The van der Waals surface area contributed by atoms with Crippen molar-refractivity contribution in [2.45, 2.75) is 6.42 Å². The molecule has 0 radical (unpaired) electrons. The second kappa shape index (κ2) is 6.30. The first kappa shape index (κ1) is 15.4. The molecule has 0 aliphatic carbocycles. The Morgan fingerprint density at radius 3 is 2.74 bits per heavy atom. The quantitative estimate of drug-likeness (QED) is 0.713. The lowest BCUT2D eigenvalue weighted by Crippen LogP contribution is -2.05. The first-order valence-corrected chi connectivity index (χ1v) is 7.43. The van der Waals surface area contributed by atoms with Gasteiger partial charge in [0, 0.05) is 23.0 Å². The van der Waals surface area contributed by atoms with Crippen LogP contribution in [0, 0.1) is 5.82 Å². The first-order chi connectivity index (χ1) is 11.0. The summed E-state index contributed by atoms with van der Waals surface area (Å²) in [5, 5.41) is 2.44. The topological polar surface area (TPSA) is 74.2 Å². The van der Waals surface area contributed by atoms with Gasteiger partial charge in [0.1, 0.15) is 5.82 Å². The van der Waals surface area contributed by atoms with Crippen molar-refractivity contribution in [2.24, 2.45) is 0 Å². The molecule has 1 aromatic heterocycles. The first-order valence-electron chi connectivity index (χ1n) is 7.05. The average molecular weight is 332 g/mol. The molecule has 4 N–H and O–H groups in total. The van der Waals surface area contributed by atoms with Crippen molar-refractivity contribution in [1.82, 2.24) is 4.98 Å². The Balaban J connectivity index is 1.75. The molecule has 3 rings (SSSR count). The number of ether oxygens (including phenoxy) is 1. The van der Waals surface area contributed by atoms with Crippen molar-refractivity contribution >= 4 is 33.7 Å². The summed E-state index contributed by atoms with van der Waals surface area (Å²) >= 11 is 6.02. The second-order valence-corrected chi connectivity index (χ2v) is 5.60. The van der Waals surface area contributed by atoms with Gasteiger partial charge in [0.15, 0.2) is 0 Å². The molecule has 0 amide bonds. The lowest BCUT2D eigenvalue weighted by Gasteiger charge is -2.10. The van der Waals surface area contributed by atoms with E-state index in [9.17, 15) is 4.39 Å². The van der Waals surface area contributed by atoms with Crippen LogP contribution in [-0.4, -0.2) is 11.6 Å². The zero-order valence-corrected chi connectivity index (χ0v) is 13.0. The molecule has 0 spiro atoms. The van der Waals surface area contributed by atoms with Crippen LogP contribution < -0.4 is 16.2 Å². The van der Waals surface area contributed by atoms with Crippen LogP contribution >= 0.6 is 11.6 Å². The van der Waals surface area contributed by atoms with Gasteiger partial charge in [-0.2, -0.15) is 0 Å². The molecular weight excluding hydrogens is 317 g/mol. The predicted molar refractivity (Wildman–Crippen MR) is 91.2 cm³/mol. The normalized spacial score (nSPS) is 10.9. The Morgan fingerprint density at radius 1 is 1.13 bits per heavy atom. The number of benzene rings is 2. The van der Waals surface area contributed by atoms with E-state index in [0.717, 1.165) is 10.8 Å². The van der Waals surface area contributed by atoms with Crippen molar-refractivity contribution in [1.29, 1.82) is 0 Å². The number of anilines is 2. The van der Waals surface area contributed by atoms with Crippen LogP contribution in [0.4, 0.5) is 15.8 Å². The molecule has 0 bridgehead atoms. The molecule has 118 valence electrons. The van der Waals surface area contributed by atoms with E-state index in [1.165, 1.54) is 6.07 Å². The molecule has 0 fully saturated rings. The number of hydrogen-bond acceptors (Lipinski definition) is 4. The second-order valence-electron chi connectivity index (χ2n) is 5.16. The Morgan fingerprint density at radius 2 is 1.96 bits per heavy atom. The van der Waals surface area contributed by atoms with Gasteiger partial charge in [0.25, 0.3) is 0 Å². The van der Waals surface area contributed by atoms with Crippen molar-refractivity contribution < 1.29 is 9.13 Å². The predicted octanol–water partition coefficient (Wildman–Crippen LogP) is 3.81. The molecule has 0 atom stereocenters. The van der Waals surface area contributed by atoms with E-state index in [4.69, 9.17) is 27.8 Å². The van der Waals surface area contributed by atoms with Gasteiger partial charge in [-0.1, -0.05) is 17.7 Å². The molecule has 2 aromatic carbocycles. The van der Waals surface area contributed by atoms with Gasteiger partial charge >= 0.3 is 0 Å². The Labute approximate surface area is 137 Å². The van der Waals surface area contributed by atoms with E-state index in [1.807, 2.05) is 18.2 Å². The van der Waals surface area contributed by atoms with Gasteiger partial charge in [0.2, 0.25) is 5.88 Å². The summed E-state index contributed by atoms with van der Waals surface area (Å²) < 4.78 is 19.3. The molecular formula is C17H15ClFN3O. The third kappa shape index (κ3) is 3.29. The summed E-state index contributed by atoms with van der Waals surface area (Å²) in [4.78, 5) is 4.23. The maximum Gasteiger partial charge on any atom is 0.221 e. The van der Waals surface area contributed by atoms with Crippen LogP contribution in [0.5, 0.6) is 5.88 Å². The Bertz CT molecular complexity index is 847. The van der Waals surface area contributed by atoms with Gasteiger partial charge in [0.05, 0.1) is 18.0 Å². The molecule has 23 heavy (non-hydrogen) atoms. The lowest BCUT2D eigenvalue weighted by atomic mass is 10.1. The average Bonchev–Trinajstić information content (AvgIpc) is 2.53. The SMILES string of the molecule is Nc1cc(CCOc2nccc3ccc(Cl)cc23)cc(F)c1N. The molecule has 0 unspecified atom stereocenters. The van der Waals surface area contributed by atoms with Crippen molar-refractivity contribution in [3.05, 3.63) is 59.0 Å². The van der Waals surface area contributed by atoms with Crippen LogP contribution in [0.15, 0.2) is 42.6 Å². The maximum atomic E-state index is 13.6. The summed E-state index contributed by atoms with van der Waals surface area (Å²) in [6.45, 7) is 0.335. The minimum Gasteiger partial charge on any atom is -0.477 e. The van der Waals surface area contributed by atoms with Gasteiger partial charge in [-0.15, -0.1) is 0 Å². The largest absolute Gasteiger partial charge is 0.477 e. The lowest BCUT2D eigenvalue weighted by molar-refractivity contribution is 0.313. The van der Waals surface area contributed by atoms with E-state index in [2.05, 4.69) is 4.98 Å². The molecule has 0 saturated carbocycles. The van der Waals surface area contributed by atoms with Crippen LogP contribution in [0.1, 0.15) is 5.56 Å². The van der Waals surface area contributed by atoms with Gasteiger partial charge < -0.3 is 16.2 Å². The van der Waals surface area contributed by atoms with E-state index in [1.54, 1.807) is 18.3 Å². The highest BCUT2D eigenvalue weighted by molar-refractivity contribution is 6.31. The number of nitrogens with two attached hydrogens (primary N) is 2. The minimum atomic E-state index is -0.518. The molecule has 4 nitrogen and oxygen atoms in total. The summed E-state index contributed by atoms with van der Waals surface area (Å²) in [6.07, 6.45) is 2.16. The van der Waals surface area contributed by atoms with Crippen molar-refractivity contribution in [3.63, 3.8) is 0 Å². The van der Waals surface area contributed by atoms with Crippen molar-refractivity contribution in [3.8, 4) is 5.88 Å². The fourth-order valence-corrected chi connectivity index (χ4v) is 2.51. The molecule has 1 heterocycles. The fraction of sp³-hybridized carbons (Fsp3) is 0.118. The Hall–Kier alpha value is -2.53. The number of aromatic nitrogens is 1. The number of rotatable bonds is 4. The summed E-state index contributed by atoms with van der Waals surface area (Å²) in [6, 6.07) is 10.4. The van der Waals surface area contributed by atoms with Gasteiger partial charge in [-0.25, -0.2) is 9.37 Å². The summed E-state index contributed by atoms with van der Waals surface area (Å²) in [5.41, 5.74) is 12.1. The summed E-state index contributed by atoms with van der Waals surface area (Å²) in [7, 11) is 0. The summed E-state index contributed by atoms with van der Waals surface area (Å²) in [5.74, 6) is -0.0241. The standard InChI is InChI=1S/C17H15ClFN3O/c18-12-2-1-11-3-5-22-17(13(11)9-12)23-6-4-10-7-14(19)16(21)15(20)8-10/h1-3,5,7-9H,4,6,20-21H2.